The van der Waals surface area contributed by atoms with Gasteiger partial charge >= 0.3 is 0 Å². The molecule has 5 rings (SSSR count). The molecule has 5 heterocycles. The monoisotopic (exact) mass is 389 g/mol. The van der Waals surface area contributed by atoms with Gasteiger partial charge in [0.1, 0.15) is 9.77 Å². The molecule has 0 unspecified atom stereocenters. The fraction of sp³-hybridized carbons (Fsp3) is 0. The van der Waals surface area contributed by atoms with Gasteiger partial charge in [-0.1, -0.05) is 12.1 Å². The van der Waals surface area contributed by atoms with Crippen LogP contribution in [0.5, 0.6) is 0 Å². The van der Waals surface area contributed by atoms with E-state index in [1.807, 2.05) is 11.3 Å². The van der Waals surface area contributed by atoms with Crippen molar-refractivity contribution in [2.75, 3.05) is 0 Å². The second-order valence-corrected chi connectivity index (χ2v) is 9.96. The molecule has 4 aromatic heterocycles. The summed E-state index contributed by atoms with van der Waals surface area (Å²) in [5.41, 5.74) is 9.33. The van der Waals surface area contributed by atoms with Gasteiger partial charge in [-0.2, -0.15) is 0 Å². The third kappa shape index (κ3) is 2.27. The minimum absolute atomic E-state index is 1.01. The predicted octanol–water partition coefficient (Wildman–Crippen LogP) is 7.63. The highest BCUT2D eigenvalue weighted by atomic mass is 32.2. The van der Waals surface area contributed by atoms with Gasteiger partial charge in [0.05, 0.1) is 9.75 Å². The fourth-order valence-corrected chi connectivity index (χ4v) is 7.75. The van der Waals surface area contributed by atoms with E-state index in [9.17, 15) is 0 Å². The molecule has 0 aromatic carbocycles. The van der Waals surface area contributed by atoms with Gasteiger partial charge in [-0.25, -0.2) is 0 Å². The second-order valence-electron chi connectivity index (χ2n) is 4.97. The quantitative estimate of drug-likeness (QED) is 0.277. The van der Waals surface area contributed by atoms with Crippen molar-refractivity contribution in [3.05, 3.63) is 47.2 Å². The second kappa shape index (κ2) is 5.39. The van der Waals surface area contributed by atoms with E-state index in [1.165, 1.54) is 46.1 Å². The van der Waals surface area contributed by atoms with Crippen molar-refractivity contribution in [3.8, 4) is 29.3 Å². The maximum atomic E-state index is 8.32. The highest BCUT2D eigenvalue weighted by Gasteiger charge is 2.34. The van der Waals surface area contributed by atoms with E-state index in [4.69, 9.17) is 5.53 Å². The highest BCUT2D eigenvalue weighted by molar-refractivity contribution is 7.93. The van der Waals surface area contributed by atoms with Crippen LogP contribution in [0.2, 0.25) is 0 Å². The third-order valence-electron chi connectivity index (χ3n) is 3.55. The number of fused-ring (bicyclic) bond motifs is 3. The number of thiophene rings is 4. The van der Waals surface area contributed by atoms with Crippen molar-refractivity contribution in [2.45, 2.75) is 4.90 Å². The number of nitrogens with zero attached hydrogens (tertiary/aromatic N) is 1. The fourth-order valence-electron chi connectivity index (χ4n) is 2.52. The standard InChI is InChI=1S/C16H9N2S5/c17-18-9-7-12(10-3-1-5-19-10)21-15(9)16-14(23-18)8-13(22-16)11-4-2-6-20-11/h1-8,17H/q+1. The zero-order valence-electron chi connectivity index (χ0n) is 11.6. The summed E-state index contributed by atoms with van der Waals surface area (Å²) in [5.74, 6) is 0. The van der Waals surface area contributed by atoms with Gasteiger partial charge < -0.3 is 0 Å². The molecule has 112 valence electrons. The number of nitrogens with one attached hydrogen (secondary N) is 1. The summed E-state index contributed by atoms with van der Waals surface area (Å²) in [6.07, 6.45) is 0. The molecule has 2 nitrogen and oxygen atoms in total. The van der Waals surface area contributed by atoms with Crippen molar-refractivity contribution in [1.82, 2.24) is 0 Å². The lowest BCUT2D eigenvalue weighted by molar-refractivity contribution is -0.355. The van der Waals surface area contributed by atoms with Gasteiger partial charge in [0, 0.05) is 20.7 Å². The first kappa shape index (κ1) is 14.1. The molecule has 0 bridgehead atoms. The zero-order valence-corrected chi connectivity index (χ0v) is 15.7. The Kier molecular flexibility index (Phi) is 3.31. The van der Waals surface area contributed by atoms with Crippen molar-refractivity contribution in [3.63, 3.8) is 0 Å². The molecule has 0 aliphatic carbocycles. The first-order valence-corrected chi connectivity index (χ1v) is 11.0. The summed E-state index contributed by atoms with van der Waals surface area (Å²) in [5, 5.41) is 4.22. The lowest BCUT2D eigenvalue weighted by atomic mass is 10.3. The van der Waals surface area contributed by atoms with Crippen molar-refractivity contribution in [1.29, 1.82) is 5.53 Å². The smallest absolute Gasteiger partial charge is 0.143 e. The molecular weight excluding hydrogens is 381 g/mol. The Hall–Kier alpha value is -1.25. The molecule has 0 amide bonds. The Labute approximate surface area is 153 Å². The molecule has 1 N–H and O–H groups in total. The van der Waals surface area contributed by atoms with Crippen LogP contribution in [0.25, 0.3) is 29.3 Å². The van der Waals surface area contributed by atoms with Crippen LogP contribution in [0.1, 0.15) is 0 Å². The molecule has 4 aromatic rings. The van der Waals surface area contributed by atoms with Crippen molar-refractivity contribution in [2.24, 2.45) is 0 Å². The van der Waals surface area contributed by atoms with E-state index in [-0.39, 0.29) is 0 Å². The molecule has 0 saturated carbocycles. The van der Waals surface area contributed by atoms with E-state index < -0.39 is 0 Å². The van der Waals surface area contributed by atoms with Crippen LogP contribution >= 0.6 is 57.3 Å². The molecule has 0 radical (unpaired) electrons. The number of hydrogen-bond acceptors (Lipinski definition) is 6. The average molecular weight is 390 g/mol. The zero-order chi connectivity index (χ0) is 15.4. The van der Waals surface area contributed by atoms with E-state index in [0.29, 0.717) is 0 Å². The summed E-state index contributed by atoms with van der Waals surface area (Å²) < 4.78 is 1.55. The van der Waals surface area contributed by atoms with E-state index in [1.54, 1.807) is 38.1 Å². The molecule has 1 aliphatic rings. The van der Waals surface area contributed by atoms with Crippen LogP contribution in [0.15, 0.2) is 52.1 Å². The van der Waals surface area contributed by atoms with Crippen LogP contribution < -0.4 is 0 Å². The lowest BCUT2D eigenvalue weighted by Gasteiger charge is -2.02. The molecule has 0 atom stereocenters. The Morgan fingerprint density at radius 2 is 1.43 bits per heavy atom. The molecule has 7 heteroatoms. The first-order chi connectivity index (χ1) is 11.3. The van der Waals surface area contributed by atoms with Crippen LogP contribution in [-0.4, -0.2) is 4.10 Å². The summed E-state index contributed by atoms with van der Waals surface area (Å²) in [4.78, 5) is 8.86. The first-order valence-electron chi connectivity index (χ1n) is 6.85. The SMILES string of the molecule is N=[N+]1Sc2cc(-c3cccs3)sc2-c2sc(-c3cccs3)cc21. The van der Waals surface area contributed by atoms with Gasteiger partial charge in [0.15, 0.2) is 0 Å². The van der Waals surface area contributed by atoms with Gasteiger partial charge in [0.25, 0.3) is 5.69 Å². The number of rotatable bonds is 2. The maximum Gasteiger partial charge on any atom is 0.266 e. The van der Waals surface area contributed by atoms with E-state index >= 15 is 0 Å². The molecule has 1 aliphatic heterocycles. The summed E-state index contributed by atoms with van der Waals surface area (Å²) in [7, 11) is 0. The minimum atomic E-state index is 1.01. The highest BCUT2D eigenvalue weighted by Crippen LogP contribution is 2.56. The van der Waals surface area contributed by atoms with Gasteiger partial charge in [-0.15, -0.1) is 45.3 Å². The normalized spacial score (nSPS) is 13.1. The van der Waals surface area contributed by atoms with Gasteiger partial charge in [0.2, 0.25) is 11.9 Å². The summed E-state index contributed by atoms with van der Waals surface area (Å²) in [6.45, 7) is 0. The van der Waals surface area contributed by atoms with Gasteiger partial charge in [-0.3, -0.25) is 0 Å². The predicted molar refractivity (Wildman–Crippen MR) is 103 cm³/mol. The van der Waals surface area contributed by atoms with Crippen molar-refractivity contribution < 1.29 is 4.10 Å². The van der Waals surface area contributed by atoms with Crippen LogP contribution in [0, 0.1) is 5.53 Å². The molecule has 0 fully saturated rings. The van der Waals surface area contributed by atoms with Crippen LogP contribution in [-0.2, 0) is 0 Å². The molecule has 0 spiro atoms. The number of hydrogen-bond donors (Lipinski definition) is 1. The van der Waals surface area contributed by atoms with E-state index in [2.05, 4.69) is 47.2 Å². The summed E-state index contributed by atoms with van der Waals surface area (Å²) >= 11 is 8.67. The third-order valence-corrected chi connectivity index (χ3v) is 9.14. The van der Waals surface area contributed by atoms with Crippen LogP contribution in [0.4, 0.5) is 5.69 Å². The van der Waals surface area contributed by atoms with Crippen molar-refractivity contribution >= 4 is 63.0 Å². The summed E-state index contributed by atoms with van der Waals surface area (Å²) in [6, 6.07) is 12.9. The lowest BCUT2D eigenvalue weighted by Crippen LogP contribution is -1.93. The molecule has 0 saturated heterocycles. The molecule has 23 heavy (non-hydrogen) atoms. The Morgan fingerprint density at radius 1 is 0.783 bits per heavy atom. The topological polar surface area (TPSA) is 26.9 Å². The Balaban J connectivity index is 1.68. The Bertz CT molecular complexity index is 1010. The minimum Gasteiger partial charge on any atom is -0.143 e. The van der Waals surface area contributed by atoms with Gasteiger partial charge in [-0.05, 0) is 38.6 Å². The molecular formula is C16H9N2S5+. The maximum absolute atomic E-state index is 8.32. The van der Waals surface area contributed by atoms with E-state index in [0.717, 1.165) is 5.69 Å². The Morgan fingerprint density at radius 3 is 2.09 bits per heavy atom. The van der Waals surface area contributed by atoms with Crippen LogP contribution in [0.3, 0.4) is 0 Å². The largest absolute Gasteiger partial charge is 0.266 e. The average Bonchev–Trinajstić information content (AvgIpc) is 3.30.